The minimum absolute atomic E-state index is 0.0925. The Bertz CT molecular complexity index is 303. The molecule has 5 nitrogen and oxygen atoms in total. The summed E-state index contributed by atoms with van der Waals surface area (Å²) in [5, 5.41) is 14.2. The van der Waals surface area contributed by atoms with Crippen LogP contribution in [0.25, 0.3) is 0 Å². The van der Waals surface area contributed by atoms with Gasteiger partial charge in [0.2, 0.25) is 0 Å². The Morgan fingerprint density at radius 1 is 1.33 bits per heavy atom. The molecule has 1 unspecified atom stereocenters. The Labute approximate surface area is 108 Å². The molecule has 1 aliphatic rings. The fraction of sp³-hybridized carbons (Fsp3) is 0.846. The summed E-state index contributed by atoms with van der Waals surface area (Å²) < 4.78 is 0. The molecule has 104 valence electrons. The Kier molecular flexibility index (Phi) is 5.44. The largest absolute Gasteiger partial charge is 0.481 e. The second kappa shape index (κ2) is 6.61. The van der Waals surface area contributed by atoms with Crippen molar-refractivity contribution < 1.29 is 14.7 Å². The number of urea groups is 1. The normalized spacial score (nSPS) is 22.2. The van der Waals surface area contributed by atoms with Crippen LogP contribution in [0.5, 0.6) is 0 Å². The smallest absolute Gasteiger partial charge is 0.315 e. The summed E-state index contributed by atoms with van der Waals surface area (Å²) in [6.07, 6.45) is 5.11. The molecule has 0 radical (unpaired) electrons. The molecule has 18 heavy (non-hydrogen) atoms. The number of rotatable bonds is 5. The highest BCUT2D eigenvalue weighted by atomic mass is 16.4. The molecular formula is C13H24N2O3. The van der Waals surface area contributed by atoms with E-state index in [2.05, 4.69) is 24.5 Å². The van der Waals surface area contributed by atoms with Crippen LogP contribution in [-0.4, -0.2) is 29.7 Å². The van der Waals surface area contributed by atoms with Gasteiger partial charge in [0.15, 0.2) is 0 Å². The SMILES string of the molecule is CC1(C)CCCCC1NC(=O)NCCCC(=O)O. The van der Waals surface area contributed by atoms with Crippen LogP contribution in [0.15, 0.2) is 0 Å². The third-order valence-corrected chi connectivity index (χ3v) is 3.67. The quantitative estimate of drug-likeness (QED) is 0.659. The van der Waals surface area contributed by atoms with Crippen LogP contribution >= 0.6 is 0 Å². The van der Waals surface area contributed by atoms with E-state index in [4.69, 9.17) is 5.11 Å². The standard InChI is InChI=1S/C13H24N2O3/c1-13(2)8-4-3-6-10(13)15-12(18)14-9-5-7-11(16)17/h10H,3-9H2,1-2H3,(H,16,17)(H2,14,15,18). The monoisotopic (exact) mass is 256 g/mol. The number of carboxylic acids is 1. The van der Waals surface area contributed by atoms with Gasteiger partial charge in [-0.25, -0.2) is 4.79 Å². The van der Waals surface area contributed by atoms with Gasteiger partial charge in [0.1, 0.15) is 0 Å². The lowest BCUT2D eigenvalue weighted by atomic mass is 9.73. The fourth-order valence-electron chi connectivity index (χ4n) is 2.41. The van der Waals surface area contributed by atoms with Crippen molar-refractivity contribution in [2.24, 2.45) is 5.41 Å². The highest BCUT2D eigenvalue weighted by Gasteiger charge is 2.32. The lowest BCUT2D eigenvalue weighted by Crippen LogP contribution is -2.50. The second-order valence-electron chi connectivity index (χ2n) is 5.68. The number of hydrogen-bond acceptors (Lipinski definition) is 2. The Hall–Kier alpha value is -1.26. The van der Waals surface area contributed by atoms with E-state index >= 15 is 0 Å². The topological polar surface area (TPSA) is 78.4 Å². The third kappa shape index (κ3) is 4.94. The molecule has 1 atom stereocenters. The van der Waals surface area contributed by atoms with E-state index in [0.29, 0.717) is 13.0 Å². The Balaban J connectivity index is 2.24. The number of carbonyl (C=O) groups excluding carboxylic acids is 1. The summed E-state index contributed by atoms with van der Waals surface area (Å²) in [6, 6.07) is 0.0334. The molecule has 0 saturated heterocycles. The van der Waals surface area contributed by atoms with Crippen molar-refractivity contribution in [3.8, 4) is 0 Å². The van der Waals surface area contributed by atoms with Gasteiger partial charge in [-0.2, -0.15) is 0 Å². The average Bonchev–Trinajstić information content (AvgIpc) is 2.27. The van der Waals surface area contributed by atoms with Gasteiger partial charge in [0, 0.05) is 19.0 Å². The zero-order valence-electron chi connectivity index (χ0n) is 11.3. The predicted molar refractivity (Wildman–Crippen MR) is 69.4 cm³/mol. The van der Waals surface area contributed by atoms with Gasteiger partial charge >= 0.3 is 12.0 Å². The summed E-state index contributed by atoms with van der Waals surface area (Å²) in [7, 11) is 0. The number of amides is 2. The predicted octanol–water partition coefficient (Wildman–Crippen LogP) is 2.12. The van der Waals surface area contributed by atoms with Gasteiger partial charge in [-0.05, 0) is 24.7 Å². The van der Waals surface area contributed by atoms with Crippen LogP contribution in [0.2, 0.25) is 0 Å². The molecule has 0 aromatic carbocycles. The third-order valence-electron chi connectivity index (χ3n) is 3.67. The van der Waals surface area contributed by atoms with E-state index < -0.39 is 5.97 Å². The average molecular weight is 256 g/mol. The van der Waals surface area contributed by atoms with Crippen LogP contribution in [0.3, 0.4) is 0 Å². The van der Waals surface area contributed by atoms with Gasteiger partial charge in [-0.3, -0.25) is 4.79 Å². The molecule has 0 bridgehead atoms. The number of carbonyl (C=O) groups is 2. The van der Waals surface area contributed by atoms with Gasteiger partial charge in [-0.15, -0.1) is 0 Å². The van der Waals surface area contributed by atoms with E-state index in [1.165, 1.54) is 6.42 Å². The zero-order valence-corrected chi connectivity index (χ0v) is 11.3. The number of nitrogens with one attached hydrogen (secondary N) is 2. The summed E-state index contributed by atoms with van der Waals surface area (Å²) in [4.78, 5) is 22.0. The first-order valence-corrected chi connectivity index (χ1v) is 6.68. The van der Waals surface area contributed by atoms with Crippen molar-refractivity contribution in [1.29, 1.82) is 0 Å². The summed E-state index contributed by atoms with van der Waals surface area (Å²) in [5.41, 5.74) is 0.149. The molecule has 0 aromatic heterocycles. The fourth-order valence-corrected chi connectivity index (χ4v) is 2.41. The molecular weight excluding hydrogens is 232 g/mol. The lowest BCUT2D eigenvalue weighted by molar-refractivity contribution is -0.137. The molecule has 1 aliphatic carbocycles. The van der Waals surface area contributed by atoms with E-state index in [-0.39, 0.29) is 23.9 Å². The first-order chi connectivity index (χ1) is 8.42. The molecule has 1 saturated carbocycles. The van der Waals surface area contributed by atoms with E-state index in [9.17, 15) is 9.59 Å². The van der Waals surface area contributed by atoms with Gasteiger partial charge in [0.25, 0.3) is 0 Å². The summed E-state index contributed by atoms with van der Waals surface area (Å²) >= 11 is 0. The maximum absolute atomic E-state index is 11.7. The van der Waals surface area contributed by atoms with Gasteiger partial charge < -0.3 is 15.7 Å². The van der Waals surface area contributed by atoms with E-state index in [1.54, 1.807) is 0 Å². The molecule has 0 aromatic rings. The van der Waals surface area contributed by atoms with Crippen LogP contribution in [0.4, 0.5) is 4.79 Å². The van der Waals surface area contributed by atoms with Crippen molar-refractivity contribution >= 4 is 12.0 Å². The lowest BCUT2D eigenvalue weighted by Gasteiger charge is -2.38. The van der Waals surface area contributed by atoms with Crippen LogP contribution < -0.4 is 10.6 Å². The maximum Gasteiger partial charge on any atom is 0.315 e. The molecule has 0 aliphatic heterocycles. The van der Waals surface area contributed by atoms with Crippen LogP contribution in [0.1, 0.15) is 52.4 Å². The Morgan fingerprint density at radius 2 is 2.06 bits per heavy atom. The number of carboxylic acid groups (broad SMARTS) is 1. The minimum Gasteiger partial charge on any atom is -0.481 e. The number of hydrogen-bond donors (Lipinski definition) is 3. The van der Waals surface area contributed by atoms with Crippen molar-refractivity contribution in [2.75, 3.05) is 6.54 Å². The van der Waals surface area contributed by atoms with Crippen molar-refractivity contribution in [2.45, 2.75) is 58.4 Å². The molecule has 5 heteroatoms. The van der Waals surface area contributed by atoms with Crippen molar-refractivity contribution in [3.63, 3.8) is 0 Å². The maximum atomic E-state index is 11.7. The molecule has 2 amide bonds. The molecule has 1 fully saturated rings. The van der Waals surface area contributed by atoms with Crippen LogP contribution in [-0.2, 0) is 4.79 Å². The van der Waals surface area contributed by atoms with E-state index in [1.807, 2.05) is 0 Å². The van der Waals surface area contributed by atoms with Gasteiger partial charge in [-0.1, -0.05) is 26.7 Å². The molecule has 1 rings (SSSR count). The first kappa shape index (κ1) is 14.8. The summed E-state index contributed by atoms with van der Waals surface area (Å²) in [6.45, 7) is 4.77. The van der Waals surface area contributed by atoms with Gasteiger partial charge in [0.05, 0.1) is 0 Å². The second-order valence-corrected chi connectivity index (χ2v) is 5.68. The molecule has 3 N–H and O–H groups in total. The highest BCUT2D eigenvalue weighted by Crippen LogP contribution is 2.35. The first-order valence-electron chi connectivity index (χ1n) is 6.68. The van der Waals surface area contributed by atoms with Crippen molar-refractivity contribution in [3.05, 3.63) is 0 Å². The summed E-state index contributed by atoms with van der Waals surface area (Å²) in [5.74, 6) is -0.828. The zero-order chi connectivity index (χ0) is 13.6. The van der Waals surface area contributed by atoms with Crippen molar-refractivity contribution in [1.82, 2.24) is 10.6 Å². The van der Waals surface area contributed by atoms with Crippen LogP contribution in [0, 0.1) is 5.41 Å². The minimum atomic E-state index is -0.828. The Morgan fingerprint density at radius 3 is 2.67 bits per heavy atom. The van der Waals surface area contributed by atoms with E-state index in [0.717, 1.165) is 19.3 Å². The highest BCUT2D eigenvalue weighted by molar-refractivity contribution is 5.74. The molecule has 0 heterocycles. The molecule has 0 spiro atoms. The number of aliphatic carboxylic acids is 1.